The number of aromatic nitrogens is 3. The van der Waals surface area contributed by atoms with Crippen LogP contribution in [0, 0.1) is 0 Å². The molecule has 0 saturated heterocycles. The van der Waals surface area contributed by atoms with Crippen molar-refractivity contribution < 1.29 is 0 Å². The first-order valence-electron chi connectivity index (χ1n) is 16.7. The van der Waals surface area contributed by atoms with Crippen molar-refractivity contribution in [1.29, 1.82) is 0 Å². The van der Waals surface area contributed by atoms with E-state index in [0.29, 0.717) is 0 Å². The lowest BCUT2D eigenvalue weighted by Gasteiger charge is -2.16. The number of allylic oxidation sites excluding steroid dienone is 2. The Morgan fingerprint density at radius 1 is 0.646 bits per heavy atom. The Morgan fingerprint density at radius 2 is 1.40 bits per heavy atom. The topological polar surface area (TPSA) is 14.8 Å². The lowest BCUT2D eigenvalue weighted by atomic mass is 10.00. The summed E-state index contributed by atoms with van der Waals surface area (Å²) in [6.07, 6.45) is 15.2. The second kappa shape index (κ2) is 11.3. The van der Waals surface area contributed by atoms with E-state index in [-0.39, 0.29) is 0 Å². The van der Waals surface area contributed by atoms with Gasteiger partial charge in [0.1, 0.15) is 0 Å². The normalized spacial score (nSPS) is 12.9. The number of benzene rings is 5. The molecule has 1 aliphatic rings. The Bertz CT molecular complexity index is 2570. The quantitative estimate of drug-likeness (QED) is 0.176. The molecule has 5 aromatic carbocycles. The van der Waals surface area contributed by atoms with Gasteiger partial charge in [0, 0.05) is 56.2 Å². The van der Waals surface area contributed by atoms with Crippen molar-refractivity contribution in [2.75, 3.05) is 0 Å². The van der Waals surface area contributed by atoms with E-state index in [4.69, 9.17) is 0 Å². The molecule has 0 amide bonds. The van der Waals surface area contributed by atoms with E-state index in [2.05, 4.69) is 179 Å². The fourth-order valence-corrected chi connectivity index (χ4v) is 7.68. The maximum absolute atomic E-state index is 4.29. The highest BCUT2D eigenvalue weighted by atomic mass is 15.0. The number of nitrogens with zero attached hydrogens (tertiary/aromatic N) is 3. The smallest absolute Gasteiger partial charge is 0.0548 e. The third kappa shape index (κ3) is 4.35. The van der Waals surface area contributed by atoms with Crippen molar-refractivity contribution in [1.82, 2.24) is 13.7 Å². The fraction of sp³-hybridized carbons (Fsp3) is 0.0667. The van der Waals surface area contributed by atoms with Crippen molar-refractivity contribution >= 4 is 50.9 Å². The average molecular weight is 618 g/mol. The summed E-state index contributed by atoms with van der Waals surface area (Å²) in [4.78, 5) is 0. The molecular weight excluding hydrogens is 583 g/mol. The zero-order chi connectivity index (χ0) is 32.2. The molecule has 0 fully saturated rings. The standard InChI is InChI=1S/C45H35N3/c1-3-14-41-37(4-2)40-30-43-33(25-26-46(43)34-17-9-6-10-18-34)28-45(40)47(41)35-19-13-20-36(29-35)48-42-22-12-11-21-38(42)39-24-23-32(27-44(39)48)31-15-7-5-8-16-31/h3-11,13-21,23-30H,2,12,22H2,1H3/b14-3-. The summed E-state index contributed by atoms with van der Waals surface area (Å²) in [5, 5.41) is 3.69. The molecule has 0 saturated carbocycles. The van der Waals surface area contributed by atoms with Gasteiger partial charge in [-0.2, -0.15) is 0 Å². The molecule has 0 N–H and O–H groups in total. The molecule has 3 nitrogen and oxygen atoms in total. The minimum atomic E-state index is 1.01. The van der Waals surface area contributed by atoms with Crippen LogP contribution >= 0.6 is 0 Å². The molecule has 0 aliphatic heterocycles. The lowest BCUT2D eigenvalue weighted by molar-refractivity contribution is 0.887. The highest BCUT2D eigenvalue weighted by Crippen LogP contribution is 2.39. The number of hydrogen-bond donors (Lipinski definition) is 0. The highest BCUT2D eigenvalue weighted by Gasteiger charge is 2.21. The van der Waals surface area contributed by atoms with Crippen LogP contribution in [0.25, 0.3) is 79.1 Å². The summed E-state index contributed by atoms with van der Waals surface area (Å²) in [5.74, 6) is 0. The van der Waals surface area contributed by atoms with E-state index in [1.54, 1.807) is 0 Å². The summed E-state index contributed by atoms with van der Waals surface area (Å²) >= 11 is 0. The van der Waals surface area contributed by atoms with Crippen molar-refractivity contribution in [3.63, 3.8) is 0 Å². The molecule has 0 atom stereocenters. The van der Waals surface area contributed by atoms with Gasteiger partial charge in [-0.25, -0.2) is 0 Å². The first kappa shape index (κ1) is 28.2. The average Bonchev–Trinajstić information content (AvgIpc) is 3.80. The van der Waals surface area contributed by atoms with E-state index in [9.17, 15) is 0 Å². The van der Waals surface area contributed by atoms with Crippen LogP contribution in [0.1, 0.15) is 35.9 Å². The molecule has 3 heterocycles. The van der Waals surface area contributed by atoms with Crippen molar-refractivity contribution in [3.05, 3.63) is 169 Å². The van der Waals surface area contributed by atoms with Crippen LogP contribution in [0.15, 0.2) is 146 Å². The van der Waals surface area contributed by atoms with E-state index < -0.39 is 0 Å². The zero-order valence-corrected chi connectivity index (χ0v) is 27.0. The molecule has 3 heteroatoms. The summed E-state index contributed by atoms with van der Waals surface area (Å²) in [6.45, 7) is 6.37. The molecule has 3 aromatic heterocycles. The van der Waals surface area contributed by atoms with Crippen molar-refractivity contribution in [2.45, 2.75) is 19.8 Å². The van der Waals surface area contributed by atoms with Gasteiger partial charge >= 0.3 is 0 Å². The maximum Gasteiger partial charge on any atom is 0.0548 e. The van der Waals surface area contributed by atoms with E-state index in [1.165, 1.54) is 60.8 Å². The lowest BCUT2D eigenvalue weighted by Crippen LogP contribution is -2.04. The van der Waals surface area contributed by atoms with Crippen molar-refractivity contribution in [2.24, 2.45) is 0 Å². The second-order valence-electron chi connectivity index (χ2n) is 12.5. The zero-order valence-electron chi connectivity index (χ0n) is 27.0. The van der Waals surface area contributed by atoms with Crippen LogP contribution in [-0.2, 0) is 6.42 Å². The van der Waals surface area contributed by atoms with Crippen LogP contribution in [-0.4, -0.2) is 13.7 Å². The SMILES string of the molecule is C=Cc1c(/C=C\C)n(-c2cccc(-n3c4c(c5ccc(-c6ccccc6)cc53)C=CCC4)c2)c2cc3ccn(-c4ccccc4)c3cc12. The van der Waals surface area contributed by atoms with Gasteiger partial charge in [0.15, 0.2) is 0 Å². The van der Waals surface area contributed by atoms with Crippen LogP contribution in [0.2, 0.25) is 0 Å². The first-order chi connectivity index (χ1) is 23.7. The van der Waals surface area contributed by atoms with Crippen LogP contribution in [0.5, 0.6) is 0 Å². The minimum Gasteiger partial charge on any atom is -0.317 e. The Morgan fingerprint density at radius 3 is 2.19 bits per heavy atom. The van der Waals surface area contributed by atoms with Gasteiger partial charge in [-0.05, 0) is 91.6 Å². The van der Waals surface area contributed by atoms with Gasteiger partial charge in [-0.3, -0.25) is 0 Å². The molecule has 48 heavy (non-hydrogen) atoms. The fourth-order valence-electron chi connectivity index (χ4n) is 7.68. The largest absolute Gasteiger partial charge is 0.317 e. The van der Waals surface area contributed by atoms with E-state index in [1.807, 2.05) is 6.08 Å². The highest BCUT2D eigenvalue weighted by molar-refractivity contribution is 6.04. The van der Waals surface area contributed by atoms with Crippen LogP contribution < -0.4 is 0 Å². The minimum absolute atomic E-state index is 1.01. The third-order valence-electron chi connectivity index (χ3n) is 9.81. The Balaban J connectivity index is 1.28. The Hall–Kier alpha value is -6.06. The third-order valence-corrected chi connectivity index (χ3v) is 9.81. The molecule has 0 bridgehead atoms. The monoisotopic (exact) mass is 617 g/mol. The number of rotatable bonds is 6. The van der Waals surface area contributed by atoms with Crippen molar-refractivity contribution in [3.8, 4) is 28.2 Å². The Kier molecular flexibility index (Phi) is 6.65. The van der Waals surface area contributed by atoms with Crippen LogP contribution in [0.4, 0.5) is 0 Å². The van der Waals surface area contributed by atoms with Gasteiger partial charge in [-0.15, -0.1) is 0 Å². The summed E-state index contributed by atoms with van der Waals surface area (Å²) in [7, 11) is 0. The predicted molar refractivity (Wildman–Crippen MR) is 205 cm³/mol. The maximum atomic E-state index is 4.29. The van der Waals surface area contributed by atoms with E-state index >= 15 is 0 Å². The van der Waals surface area contributed by atoms with Crippen LogP contribution in [0.3, 0.4) is 0 Å². The molecule has 0 spiro atoms. The van der Waals surface area contributed by atoms with Gasteiger partial charge in [0.05, 0.1) is 22.2 Å². The molecule has 0 radical (unpaired) electrons. The molecular formula is C45H35N3. The number of para-hydroxylation sites is 1. The first-order valence-corrected chi connectivity index (χ1v) is 16.7. The van der Waals surface area contributed by atoms with Gasteiger partial charge in [-0.1, -0.05) is 97.6 Å². The van der Waals surface area contributed by atoms with Gasteiger partial charge < -0.3 is 13.7 Å². The molecule has 0 unspecified atom stereocenters. The second-order valence-corrected chi connectivity index (χ2v) is 12.5. The van der Waals surface area contributed by atoms with E-state index in [0.717, 1.165) is 35.5 Å². The predicted octanol–water partition coefficient (Wildman–Crippen LogP) is 11.8. The summed E-state index contributed by atoms with van der Waals surface area (Å²) in [5.41, 5.74) is 14.5. The van der Waals surface area contributed by atoms with Gasteiger partial charge in [0.2, 0.25) is 0 Å². The molecule has 1 aliphatic carbocycles. The molecule has 230 valence electrons. The molecule has 9 rings (SSSR count). The molecule has 8 aromatic rings. The summed E-state index contributed by atoms with van der Waals surface area (Å²) < 4.78 is 7.17. The number of hydrogen-bond acceptors (Lipinski definition) is 0. The Labute approximate surface area is 280 Å². The van der Waals surface area contributed by atoms with Gasteiger partial charge in [0.25, 0.3) is 0 Å². The number of fused-ring (bicyclic) bond motifs is 5. The summed E-state index contributed by atoms with van der Waals surface area (Å²) in [6, 6.07) is 44.1.